The van der Waals surface area contributed by atoms with Crippen molar-refractivity contribution in [1.82, 2.24) is 0 Å². The molecule has 142 valence electrons. The fourth-order valence-electron chi connectivity index (χ4n) is 2.88. The third-order valence-electron chi connectivity index (χ3n) is 3.95. The van der Waals surface area contributed by atoms with E-state index in [2.05, 4.69) is 6.92 Å². The van der Waals surface area contributed by atoms with Gasteiger partial charge in [0, 0.05) is 0 Å². The van der Waals surface area contributed by atoms with Gasteiger partial charge in [-0.15, -0.1) is 0 Å². The number of ether oxygens (including phenoxy) is 1. The highest BCUT2D eigenvalue weighted by atomic mass is 32.2. The Morgan fingerprint density at radius 1 is 1.00 bits per heavy atom. The van der Waals surface area contributed by atoms with E-state index in [0.29, 0.717) is 19.3 Å². The van der Waals surface area contributed by atoms with E-state index >= 15 is 0 Å². The van der Waals surface area contributed by atoms with E-state index in [1.54, 1.807) is 0 Å². The highest BCUT2D eigenvalue weighted by molar-refractivity contribution is 7.87. The summed E-state index contributed by atoms with van der Waals surface area (Å²) in [4.78, 5) is 23.1. The first-order chi connectivity index (χ1) is 11.1. The molecule has 0 heterocycles. The van der Waals surface area contributed by atoms with E-state index in [1.165, 1.54) is 0 Å². The second kappa shape index (κ2) is 10.7. The molecule has 0 fully saturated rings. The Morgan fingerprint density at radius 2 is 1.54 bits per heavy atom. The molecule has 0 radical (unpaired) electrons. The van der Waals surface area contributed by atoms with Crippen molar-refractivity contribution in [3.8, 4) is 0 Å². The van der Waals surface area contributed by atoms with Gasteiger partial charge in [0.2, 0.25) is 0 Å². The van der Waals surface area contributed by atoms with Crippen LogP contribution in [-0.2, 0) is 24.4 Å². The van der Waals surface area contributed by atoms with E-state index in [1.807, 2.05) is 13.8 Å². The summed E-state index contributed by atoms with van der Waals surface area (Å²) in [5, 5.41) is 6.70. The average Bonchev–Trinajstić information content (AvgIpc) is 2.44. The molecule has 0 aromatic rings. The monoisotopic (exact) mass is 366 g/mol. The van der Waals surface area contributed by atoms with Gasteiger partial charge < -0.3 is 9.84 Å². The van der Waals surface area contributed by atoms with Crippen LogP contribution in [0.4, 0.5) is 0 Å². The van der Waals surface area contributed by atoms with Crippen LogP contribution in [0.1, 0.15) is 78.6 Å². The maximum absolute atomic E-state index is 12.3. The lowest BCUT2D eigenvalue weighted by atomic mass is 9.86. The van der Waals surface area contributed by atoms with Crippen molar-refractivity contribution >= 4 is 22.1 Å². The van der Waals surface area contributed by atoms with Crippen molar-refractivity contribution in [2.24, 2.45) is 0 Å². The average molecular weight is 366 g/mol. The highest BCUT2D eigenvalue weighted by Crippen LogP contribution is 2.32. The molecule has 0 rings (SSSR count). The van der Waals surface area contributed by atoms with Crippen molar-refractivity contribution < 1.29 is 32.4 Å². The van der Waals surface area contributed by atoms with Gasteiger partial charge in [0.1, 0.15) is 5.60 Å². The summed E-state index contributed by atoms with van der Waals surface area (Å²) in [5.74, 6) is -2.67. The first-order valence-corrected chi connectivity index (χ1v) is 10.0. The molecule has 0 aliphatic rings. The molecule has 8 heteroatoms. The largest absolute Gasteiger partial charge is 0.481 e. The van der Waals surface area contributed by atoms with Gasteiger partial charge in [-0.3, -0.25) is 14.1 Å². The number of carbonyl (C=O) groups is 2. The Hall–Kier alpha value is -1.15. The third-order valence-corrected chi connectivity index (χ3v) is 5.02. The van der Waals surface area contributed by atoms with Gasteiger partial charge in [-0.2, -0.15) is 8.42 Å². The molecule has 0 amide bonds. The molecule has 24 heavy (non-hydrogen) atoms. The van der Waals surface area contributed by atoms with E-state index in [0.717, 1.165) is 32.1 Å². The Bertz CT molecular complexity index is 493. The van der Waals surface area contributed by atoms with Crippen LogP contribution >= 0.6 is 0 Å². The van der Waals surface area contributed by atoms with Crippen molar-refractivity contribution in [2.45, 2.75) is 89.4 Å². The summed E-state index contributed by atoms with van der Waals surface area (Å²) in [6.45, 7) is 5.93. The van der Waals surface area contributed by atoms with Crippen LogP contribution in [0.3, 0.4) is 0 Å². The van der Waals surface area contributed by atoms with Crippen LogP contribution in [0.5, 0.6) is 0 Å². The normalized spacial score (nSPS) is 13.5. The predicted molar refractivity (Wildman–Crippen MR) is 90.4 cm³/mol. The minimum absolute atomic E-state index is 0.571. The zero-order valence-electron chi connectivity index (χ0n) is 14.8. The molecule has 1 unspecified atom stereocenters. The van der Waals surface area contributed by atoms with Gasteiger partial charge in [-0.25, -0.2) is 0 Å². The first-order valence-electron chi connectivity index (χ1n) is 8.52. The SMILES string of the molecule is CCCCCC(CCC)(CCC)OC(=O)C(CC(=O)O)S(=O)(=O)O. The minimum atomic E-state index is -4.84. The maximum Gasteiger partial charge on any atom is 0.328 e. The Balaban J connectivity index is 5.39. The van der Waals surface area contributed by atoms with Crippen LogP contribution in [0.2, 0.25) is 0 Å². The number of rotatable bonds is 13. The van der Waals surface area contributed by atoms with Gasteiger partial charge in [0.25, 0.3) is 10.1 Å². The number of carbonyl (C=O) groups excluding carboxylic acids is 1. The zero-order valence-corrected chi connectivity index (χ0v) is 15.6. The van der Waals surface area contributed by atoms with Crippen LogP contribution in [0.25, 0.3) is 0 Å². The third kappa shape index (κ3) is 8.10. The smallest absolute Gasteiger partial charge is 0.328 e. The number of unbranched alkanes of at least 4 members (excludes halogenated alkanes) is 2. The fourth-order valence-corrected chi connectivity index (χ4v) is 3.53. The van der Waals surface area contributed by atoms with Crippen molar-refractivity contribution in [2.75, 3.05) is 0 Å². The summed E-state index contributed by atoms with van der Waals surface area (Å²) in [5.41, 5.74) is -0.808. The summed E-state index contributed by atoms with van der Waals surface area (Å²) < 4.78 is 37.4. The van der Waals surface area contributed by atoms with Crippen LogP contribution < -0.4 is 0 Å². The molecule has 0 bridgehead atoms. The lowest BCUT2D eigenvalue weighted by Crippen LogP contribution is -2.42. The van der Waals surface area contributed by atoms with Gasteiger partial charge >= 0.3 is 11.9 Å². The minimum Gasteiger partial charge on any atom is -0.481 e. The van der Waals surface area contributed by atoms with Crippen molar-refractivity contribution in [1.29, 1.82) is 0 Å². The predicted octanol–water partition coefficient (Wildman–Crippen LogP) is 3.18. The summed E-state index contributed by atoms with van der Waals surface area (Å²) in [6.07, 6.45) is 5.01. The Morgan fingerprint density at radius 3 is 1.92 bits per heavy atom. The van der Waals surface area contributed by atoms with Gasteiger partial charge in [-0.05, 0) is 25.7 Å². The fraction of sp³-hybridized carbons (Fsp3) is 0.875. The maximum atomic E-state index is 12.3. The molecule has 0 spiro atoms. The molecule has 7 nitrogen and oxygen atoms in total. The van der Waals surface area contributed by atoms with E-state index in [9.17, 15) is 22.6 Å². The molecule has 0 aromatic carbocycles. The highest BCUT2D eigenvalue weighted by Gasteiger charge is 2.40. The topological polar surface area (TPSA) is 118 Å². The van der Waals surface area contributed by atoms with Crippen molar-refractivity contribution in [3.05, 3.63) is 0 Å². The summed E-state index contributed by atoms with van der Waals surface area (Å²) >= 11 is 0. The molecule has 0 aliphatic heterocycles. The Kier molecular flexibility index (Phi) is 10.1. The number of aliphatic carboxylic acids is 1. The quantitative estimate of drug-likeness (QED) is 0.292. The molecule has 0 aromatic heterocycles. The number of esters is 1. The van der Waals surface area contributed by atoms with Gasteiger partial charge in [0.05, 0.1) is 6.42 Å². The van der Waals surface area contributed by atoms with Gasteiger partial charge in [0.15, 0.2) is 5.25 Å². The second-order valence-electron chi connectivity index (χ2n) is 6.16. The number of hydrogen-bond acceptors (Lipinski definition) is 5. The van der Waals surface area contributed by atoms with Crippen molar-refractivity contribution in [3.63, 3.8) is 0 Å². The first kappa shape index (κ1) is 22.9. The lowest BCUT2D eigenvalue weighted by Gasteiger charge is -2.34. The van der Waals surface area contributed by atoms with Crippen LogP contribution in [-0.4, -0.2) is 40.9 Å². The molecular formula is C16H30O7S. The second-order valence-corrected chi connectivity index (χ2v) is 7.76. The number of carboxylic acid groups (broad SMARTS) is 1. The zero-order chi connectivity index (χ0) is 18.8. The molecular weight excluding hydrogens is 336 g/mol. The van der Waals surface area contributed by atoms with E-state index in [4.69, 9.17) is 9.84 Å². The summed E-state index contributed by atoms with van der Waals surface area (Å²) in [7, 11) is -4.84. The van der Waals surface area contributed by atoms with Crippen LogP contribution in [0.15, 0.2) is 0 Å². The van der Waals surface area contributed by atoms with E-state index < -0.39 is 39.3 Å². The van der Waals surface area contributed by atoms with Crippen LogP contribution in [0, 0.1) is 0 Å². The molecule has 1 atom stereocenters. The molecule has 2 N–H and O–H groups in total. The summed E-state index contributed by atoms with van der Waals surface area (Å²) in [6, 6.07) is 0. The number of carboxylic acids is 1. The molecule has 0 saturated carbocycles. The van der Waals surface area contributed by atoms with E-state index in [-0.39, 0.29) is 0 Å². The number of hydrogen-bond donors (Lipinski definition) is 2. The lowest BCUT2D eigenvalue weighted by molar-refractivity contribution is -0.164. The standard InChI is InChI=1S/C16H30O7S/c1-4-7-8-11-16(9-5-2,10-6-3)23-15(19)13(12-14(17)18)24(20,21)22/h13H,4-12H2,1-3H3,(H,17,18)(H,20,21,22). The Labute approximate surface area is 144 Å². The molecule has 0 saturated heterocycles. The van der Waals surface area contributed by atoms with Gasteiger partial charge in [-0.1, -0.05) is 46.5 Å². The molecule has 0 aliphatic carbocycles.